The Morgan fingerprint density at radius 1 is 1.06 bits per heavy atom. The van der Waals surface area contributed by atoms with Crippen LogP contribution in [0.15, 0.2) is 48.5 Å². The Bertz CT molecular complexity index is 1110. The number of halogens is 1. The molecule has 1 N–H and O–H groups in total. The number of amides is 2. The van der Waals surface area contributed by atoms with Crippen LogP contribution >= 0.6 is 0 Å². The van der Waals surface area contributed by atoms with Crippen molar-refractivity contribution in [2.75, 3.05) is 23.7 Å². The second-order valence-electron chi connectivity index (χ2n) is 8.99. The Kier molecular flexibility index (Phi) is 11.4. The van der Waals surface area contributed by atoms with E-state index in [1.165, 1.54) is 21.3 Å². The minimum atomic E-state index is -3.54. The molecule has 198 valence electrons. The zero-order chi connectivity index (χ0) is 26.7. The molecule has 0 bridgehead atoms. The van der Waals surface area contributed by atoms with E-state index in [0.717, 1.165) is 24.7 Å². The van der Waals surface area contributed by atoms with Crippen molar-refractivity contribution in [1.29, 1.82) is 0 Å². The van der Waals surface area contributed by atoms with E-state index in [9.17, 15) is 22.4 Å². The van der Waals surface area contributed by atoms with E-state index in [1.807, 2.05) is 26.8 Å². The molecule has 0 fully saturated rings. The molecule has 2 rings (SSSR count). The number of aryl methyl sites for hydroxylation is 1. The first-order valence-corrected chi connectivity index (χ1v) is 14.3. The van der Waals surface area contributed by atoms with Crippen LogP contribution in [0.3, 0.4) is 0 Å². The highest BCUT2D eigenvalue weighted by atomic mass is 32.2. The van der Waals surface area contributed by atoms with Gasteiger partial charge in [0.15, 0.2) is 0 Å². The molecule has 0 unspecified atom stereocenters. The molecule has 2 aromatic carbocycles. The Balaban J connectivity index is 2.19. The van der Waals surface area contributed by atoms with E-state index < -0.39 is 16.1 Å². The summed E-state index contributed by atoms with van der Waals surface area (Å²) in [4.78, 5) is 27.8. The van der Waals surface area contributed by atoms with Crippen LogP contribution in [0.4, 0.5) is 10.1 Å². The Hall–Kier alpha value is -2.94. The summed E-state index contributed by atoms with van der Waals surface area (Å²) >= 11 is 0. The molecule has 0 aromatic heterocycles. The Morgan fingerprint density at radius 3 is 2.33 bits per heavy atom. The van der Waals surface area contributed by atoms with Gasteiger partial charge in [0.25, 0.3) is 0 Å². The third-order valence-electron chi connectivity index (χ3n) is 5.92. The first-order chi connectivity index (χ1) is 17.1. The van der Waals surface area contributed by atoms with Crippen molar-refractivity contribution in [2.24, 2.45) is 0 Å². The quantitative estimate of drug-likeness (QED) is 0.375. The van der Waals surface area contributed by atoms with Gasteiger partial charge in [0.05, 0.1) is 11.9 Å². The van der Waals surface area contributed by atoms with Gasteiger partial charge in [-0.3, -0.25) is 13.9 Å². The van der Waals surface area contributed by atoms with Gasteiger partial charge in [0, 0.05) is 26.1 Å². The van der Waals surface area contributed by atoms with Crippen LogP contribution in [0.1, 0.15) is 57.1 Å². The average molecular weight is 520 g/mol. The number of nitrogens with zero attached hydrogens (tertiary/aromatic N) is 2. The zero-order valence-electron chi connectivity index (χ0n) is 21.7. The summed E-state index contributed by atoms with van der Waals surface area (Å²) in [5.41, 5.74) is 2.19. The highest BCUT2D eigenvalue weighted by molar-refractivity contribution is 7.92. The lowest BCUT2D eigenvalue weighted by atomic mass is 10.1. The van der Waals surface area contributed by atoms with Crippen molar-refractivity contribution in [2.45, 2.75) is 65.5 Å². The molecule has 0 aliphatic rings. The predicted molar refractivity (Wildman–Crippen MR) is 142 cm³/mol. The molecule has 2 aromatic rings. The normalized spacial score (nSPS) is 12.1. The molecule has 0 spiro atoms. The maximum atomic E-state index is 13.4. The van der Waals surface area contributed by atoms with E-state index in [2.05, 4.69) is 5.32 Å². The number of unbranched alkanes of at least 4 members (excludes halogenated alkanes) is 1. The van der Waals surface area contributed by atoms with Crippen LogP contribution in [0.25, 0.3) is 0 Å². The molecule has 1 atom stereocenters. The summed E-state index contributed by atoms with van der Waals surface area (Å²) in [5, 5.41) is 2.91. The molecule has 0 aliphatic heterocycles. The summed E-state index contributed by atoms with van der Waals surface area (Å²) in [7, 11) is -3.54. The highest BCUT2D eigenvalue weighted by Gasteiger charge is 2.28. The number of carbonyl (C=O) groups excluding carboxylic acids is 2. The average Bonchev–Trinajstić information content (AvgIpc) is 2.82. The summed E-state index contributed by atoms with van der Waals surface area (Å²) < 4.78 is 39.6. The molecule has 0 radical (unpaired) electrons. The van der Waals surface area contributed by atoms with Crippen LogP contribution in [0.2, 0.25) is 0 Å². The van der Waals surface area contributed by atoms with E-state index in [4.69, 9.17) is 0 Å². The summed E-state index contributed by atoms with van der Waals surface area (Å²) in [6.07, 6.45) is 3.70. The first-order valence-electron chi connectivity index (χ1n) is 12.4. The molecular formula is C27H38FN3O4S. The monoisotopic (exact) mass is 519 g/mol. The van der Waals surface area contributed by atoms with Crippen molar-refractivity contribution >= 4 is 27.5 Å². The Morgan fingerprint density at radius 2 is 1.75 bits per heavy atom. The molecule has 7 nitrogen and oxygen atoms in total. The van der Waals surface area contributed by atoms with Gasteiger partial charge in [0.1, 0.15) is 11.9 Å². The predicted octanol–water partition coefficient (Wildman–Crippen LogP) is 4.40. The molecule has 36 heavy (non-hydrogen) atoms. The molecule has 9 heteroatoms. The van der Waals surface area contributed by atoms with Crippen molar-refractivity contribution in [3.8, 4) is 0 Å². The van der Waals surface area contributed by atoms with Crippen LogP contribution in [0, 0.1) is 12.7 Å². The number of anilines is 1. The molecule has 0 saturated carbocycles. The number of sulfonamides is 1. The number of benzene rings is 2. The van der Waals surface area contributed by atoms with E-state index in [-0.39, 0.29) is 43.6 Å². The summed E-state index contributed by atoms with van der Waals surface area (Å²) in [6.45, 7) is 6.59. The third kappa shape index (κ3) is 8.93. The fourth-order valence-corrected chi connectivity index (χ4v) is 4.96. The molecule has 0 aliphatic carbocycles. The number of hydrogen-bond acceptors (Lipinski definition) is 4. The van der Waals surface area contributed by atoms with Crippen LogP contribution < -0.4 is 9.62 Å². The lowest BCUT2D eigenvalue weighted by molar-refractivity contribution is -0.141. The first kappa shape index (κ1) is 29.3. The topological polar surface area (TPSA) is 86.8 Å². The smallest absolute Gasteiger partial charge is 0.242 e. The van der Waals surface area contributed by atoms with Gasteiger partial charge >= 0.3 is 0 Å². The standard InChI is InChI=1S/C27H38FN3O4S/c1-5-7-17-29-27(33)25(6-2)30(20-22-13-15-23(28)16-14-22)26(32)12-9-18-31(36(4,34)35)24-11-8-10-21(3)19-24/h8,10-11,13-16,19,25H,5-7,9,12,17-18,20H2,1-4H3,(H,29,33)/t25-/m1/s1. The van der Waals surface area contributed by atoms with Crippen molar-refractivity contribution in [3.63, 3.8) is 0 Å². The minimum Gasteiger partial charge on any atom is -0.354 e. The third-order valence-corrected chi connectivity index (χ3v) is 7.12. The van der Waals surface area contributed by atoms with E-state index in [0.29, 0.717) is 24.2 Å². The number of hydrogen-bond donors (Lipinski definition) is 1. The highest BCUT2D eigenvalue weighted by Crippen LogP contribution is 2.21. The summed E-state index contributed by atoms with van der Waals surface area (Å²) in [5.74, 6) is -0.855. The Labute approximate surface area is 214 Å². The van der Waals surface area contributed by atoms with Gasteiger partial charge in [-0.25, -0.2) is 12.8 Å². The SMILES string of the molecule is CCCCNC(=O)[C@@H](CC)N(Cc1ccc(F)cc1)C(=O)CCCN(c1cccc(C)c1)S(C)(=O)=O. The second kappa shape index (κ2) is 14.0. The van der Waals surface area contributed by atoms with Gasteiger partial charge in [-0.15, -0.1) is 0 Å². The molecule has 0 saturated heterocycles. The number of nitrogens with one attached hydrogen (secondary N) is 1. The lowest BCUT2D eigenvalue weighted by Crippen LogP contribution is -2.49. The maximum Gasteiger partial charge on any atom is 0.242 e. The zero-order valence-corrected chi connectivity index (χ0v) is 22.5. The van der Waals surface area contributed by atoms with Gasteiger partial charge < -0.3 is 10.2 Å². The second-order valence-corrected chi connectivity index (χ2v) is 10.9. The fraction of sp³-hybridized carbons (Fsp3) is 0.481. The van der Waals surface area contributed by atoms with Crippen LogP contribution in [-0.4, -0.2) is 50.5 Å². The van der Waals surface area contributed by atoms with Crippen molar-refractivity contribution in [3.05, 3.63) is 65.5 Å². The number of rotatable bonds is 14. The van der Waals surface area contributed by atoms with E-state index >= 15 is 0 Å². The minimum absolute atomic E-state index is 0.0672. The van der Waals surface area contributed by atoms with Crippen LogP contribution in [-0.2, 0) is 26.2 Å². The summed E-state index contributed by atoms with van der Waals surface area (Å²) in [6, 6.07) is 12.4. The largest absolute Gasteiger partial charge is 0.354 e. The maximum absolute atomic E-state index is 13.4. The molecular weight excluding hydrogens is 481 g/mol. The van der Waals surface area contributed by atoms with Gasteiger partial charge in [-0.2, -0.15) is 0 Å². The van der Waals surface area contributed by atoms with Gasteiger partial charge in [-0.1, -0.05) is 44.5 Å². The number of carbonyl (C=O) groups is 2. The van der Waals surface area contributed by atoms with Crippen molar-refractivity contribution < 1.29 is 22.4 Å². The van der Waals surface area contributed by atoms with E-state index in [1.54, 1.807) is 30.3 Å². The fourth-order valence-electron chi connectivity index (χ4n) is 4.00. The lowest BCUT2D eigenvalue weighted by Gasteiger charge is -2.31. The van der Waals surface area contributed by atoms with Crippen molar-refractivity contribution in [1.82, 2.24) is 10.2 Å². The van der Waals surface area contributed by atoms with Gasteiger partial charge in [-0.05, 0) is 61.6 Å². The van der Waals surface area contributed by atoms with Crippen LogP contribution in [0.5, 0.6) is 0 Å². The van der Waals surface area contributed by atoms with Gasteiger partial charge in [0.2, 0.25) is 21.8 Å². The molecule has 0 heterocycles. The molecule has 2 amide bonds.